The summed E-state index contributed by atoms with van der Waals surface area (Å²) in [4.78, 5) is 15.4. The van der Waals surface area contributed by atoms with Gasteiger partial charge in [-0.3, -0.25) is 4.79 Å². The van der Waals surface area contributed by atoms with Crippen LogP contribution in [0.3, 0.4) is 0 Å². The molecule has 3 rings (SSSR count). The number of nitrogens with zero attached hydrogens (tertiary/aromatic N) is 1. The standard InChI is InChI=1S/C19H21NOS/c21-19(17-9-5-2-6-10-17)18(16-7-3-1-4-8-16)15-20-11-13-22-14-12-20/h1-10,18H,11-15H2/t18-/m0/s1. The fourth-order valence-corrected chi connectivity index (χ4v) is 3.85. The predicted molar refractivity (Wildman–Crippen MR) is 93.7 cm³/mol. The zero-order valence-electron chi connectivity index (χ0n) is 12.7. The van der Waals surface area contributed by atoms with E-state index >= 15 is 0 Å². The van der Waals surface area contributed by atoms with Crippen LogP contribution < -0.4 is 0 Å². The normalized spacial score (nSPS) is 17.1. The van der Waals surface area contributed by atoms with Crippen molar-refractivity contribution in [1.29, 1.82) is 0 Å². The van der Waals surface area contributed by atoms with Crippen molar-refractivity contribution in [3.63, 3.8) is 0 Å². The second-order valence-corrected chi connectivity index (χ2v) is 6.83. The average molecular weight is 311 g/mol. The van der Waals surface area contributed by atoms with Crippen LogP contribution >= 0.6 is 11.8 Å². The van der Waals surface area contributed by atoms with Crippen molar-refractivity contribution in [3.8, 4) is 0 Å². The molecule has 0 radical (unpaired) electrons. The molecule has 0 saturated carbocycles. The lowest BCUT2D eigenvalue weighted by atomic mass is 9.90. The number of carbonyl (C=O) groups excluding carboxylic acids is 1. The summed E-state index contributed by atoms with van der Waals surface area (Å²) in [5.41, 5.74) is 1.93. The highest BCUT2D eigenvalue weighted by atomic mass is 32.2. The first kappa shape index (κ1) is 15.3. The van der Waals surface area contributed by atoms with Crippen LogP contribution in [0.5, 0.6) is 0 Å². The van der Waals surface area contributed by atoms with E-state index in [1.165, 1.54) is 11.5 Å². The highest BCUT2D eigenvalue weighted by Gasteiger charge is 2.25. The number of Topliss-reactive ketones (excluding diaryl/α,β-unsaturated/α-hetero) is 1. The number of hydrogen-bond donors (Lipinski definition) is 0. The van der Waals surface area contributed by atoms with Gasteiger partial charge >= 0.3 is 0 Å². The SMILES string of the molecule is O=C(c1ccccc1)[C@@H](CN1CCSCC1)c1ccccc1. The first-order valence-electron chi connectivity index (χ1n) is 7.79. The molecule has 0 amide bonds. The summed E-state index contributed by atoms with van der Waals surface area (Å²) >= 11 is 2.00. The molecule has 2 nitrogen and oxygen atoms in total. The Labute approximate surface area is 136 Å². The van der Waals surface area contributed by atoms with E-state index in [9.17, 15) is 4.79 Å². The highest BCUT2D eigenvalue weighted by Crippen LogP contribution is 2.23. The number of rotatable bonds is 5. The maximum Gasteiger partial charge on any atom is 0.171 e. The third-order valence-corrected chi connectivity index (χ3v) is 5.06. The number of carbonyl (C=O) groups is 1. The molecular formula is C19H21NOS. The minimum atomic E-state index is -0.0771. The lowest BCUT2D eigenvalue weighted by Crippen LogP contribution is -2.37. The molecule has 2 aromatic rings. The Morgan fingerprint density at radius 1 is 0.955 bits per heavy atom. The van der Waals surface area contributed by atoms with Gasteiger partial charge in [-0.25, -0.2) is 0 Å². The molecule has 1 heterocycles. The topological polar surface area (TPSA) is 20.3 Å². The predicted octanol–water partition coefficient (Wildman–Crippen LogP) is 3.70. The smallest absolute Gasteiger partial charge is 0.171 e. The van der Waals surface area contributed by atoms with Gasteiger partial charge in [-0.2, -0.15) is 11.8 Å². The van der Waals surface area contributed by atoms with Crippen LogP contribution in [0.15, 0.2) is 60.7 Å². The summed E-state index contributed by atoms with van der Waals surface area (Å²) in [6.07, 6.45) is 0. The summed E-state index contributed by atoms with van der Waals surface area (Å²) < 4.78 is 0. The van der Waals surface area contributed by atoms with Gasteiger partial charge in [0.15, 0.2) is 5.78 Å². The van der Waals surface area contributed by atoms with Gasteiger partial charge in [-0.05, 0) is 5.56 Å². The summed E-state index contributed by atoms with van der Waals surface area (Å²) in [6.45, 7) is 2.98. The second kappa shape index (κ2) is 7.61. The Hall–Kier alpha value is -1.58. The first-order valence-corrected chi connectivity index (χ1v) is 8.94. The Morgan fingerprint density at radius 2 is 1.55 bits per heavy atom. The zero-order chi connectivity index (χ0) is 15.2. The first-order chi connectivity index (χ1) is 10.8. The number of hydrogen-bond acceptors (Lipinski definition) is 3. The molecule has 0 spiro atoms. The molecule has 1 aliphatic rings. The molecule has 0 bridgehead atoms. The van der Waals surface area contributed by atoms with E-state index in [0.717, 1.165) is 30.8 Å². The van der Waals surface area contributed by atoms with Crippen LogP contribution in [-0.2, 0) is 0 Å². The van der Waals surface area contributed by atoms with Gasteiger partial charge < -0.3 is 4.90 Å². The molecule has 22 heavy (non-hydrogen) atoms. The quantitative estimate of drug-likeness (QED) is 0.785. The van der Waals surface area contributed by atoms with Crippen LogP contribution in [0.2, 0.25) is 0 Å². The van der Waals surface area contributed by atoms with Crippen molar-refractivity contribution in [3.05, 3.63) is 71.8 Å². The van der Waals surface area contributed by atoms with E-state index in [-0.39, 0.29) is 11.7 Å². The van der Waals surface area contributed by atoms with Crippen LogP contribution in [0.4, 0.5) is 0 Å². The molecule has 0 unspecified atom stereocenters. The Balaban J connectivity index is 1.84. The van der Waals surface area contributed by atoms with E-state index in [1.54, 1.807) is 0 Å². The third-order valence-electron chi connectivity index (χ3n) is 4.12. The third kappa shape index (κ3) is 3.79. The number of thioether (sulfide) groups is 1. The fraction of sp³-hybridized carbons (Fsp3) is 0.316. The van der Waals surface area contributed by atoms with E-state index in [2.05, 4.69) is 17.0 Å². The minimum absolute atomic E-state index is 0.0771. The molecule has 1 aliphatic heterocycles. The molecule has 1 atom stereocenters. The Kier molecular flexibility index (Phi) is 5.30. The minimum Gasteiger partial charge on any atom is -0.301 e. The van der Waals surface area contributed by atoms with Gasteiger partial charge in [0.1, 0.15) is 0 Å². The van der Waals surface area contributed by atoms with Crippen LogP contribution in [0.25, 0.3) is 0 Å². The maximum absolute atomic E-state index is 13.0. The number of benzene rings is 2. The summed E-state index contributed by atoms with van der Waals surface area (Å²) in [5.74, 6) is 2.49. The molecule has 0 aromatic heterocycles. The molecule has 3 heteroatoms. The molecule has 2 aromatic carbocycles. The van der Waals surface area contributed by atoms with Gasteiger partial charge in [0.05, 0.1) is 5.92 Å². The molecule has 1 saturated heterocycles. The average Bonchev–Trinajstić information content (AvgIpc) is 2.61. The fourth-order valence-electron chi connectivity index (χ4n) is 2.87. The van der Waals surface area contributed by atoms with Gasteiger partial charge in [0.25, 0.3) is 0 Å². The van der Waals surface area contributed by atoms with E-state index in [0.29, 0.717) is 0 Å². The summed E-state index contributed by atoms with van der Waals surface area (Å²) in [5, 5.41) is 0. The molecule has 0 aliphatic carbocycles. The van der Waals surface area contributed by atoms with E-state index < -0.39 is 0 Å². The van der Waals surface area contributed by atoms with E-state index in [4.69, 9.17) is 0 Å². The van der Waals surface area contributed by atoms with Crippen molar-refractivity contribution < 1.29 is 4.79 Å². The lowest BCUT2D eigenvalue weighted by Gasteiger charge is -2.30. The van der Waals surface area contributed by atoms with Crippen molar-refractivity contribution >= 4 is 17.5 Å². The molecule has 1 fully saturated rings. The van der Waals surface area contributed by atoms with Crippen LogP contribution in [0, 0.1) is 0 Å². The zero-order valence-corrected chi connectivity index (χ0v) is 13.5. The van der Waals surface area contributed by atoms with Gasteiger partial charge in [-0.15, -0.1) is 0 Å². The van der Waals surface area contributed by atoms with Crippen LogP contribution in [0.1, 0.15) is 21.8 Å². The van der Waals surface area contributed by atoms with Crippen molar-refractivity contribution in [2.45, 2.75) is 5.92 Å². The second-order valence-electron chi connectivity index (χ2n) is 5.61. The lowest BCUT2D eigenvalue weighted by molar-refractivity contribution is 0.0936. The largest absolute Gasteiger partial charge is 0.301 e. The molecular weight excluding hydrogens is 290 g/mol. The highest BCUT2D eigenvalue weighted by molar-refractivity contribution is 7.99. The maximum atomic E-state index is 13.0. The monoisotopic (exact) mass is 311 g/mol. The van der Waals surface area contributed by atoms with E-state index in [1.807, 2.05) is 60.3 Å². The van der Waals surface area contributed by atoms with Crippen molar-refractivity contribution in [2.75, 3.05) is 31.1 Å². The number of ketones is 1. The van der Waals surface area contributed by atoms with Gasteiger partial charge in [0.2, 0.25) is 0 Å². The van der Waals surface area contributed by atoms with Crippen LogP contribution in [-0.4, -0.2) is 41.8 Å². The summed E-state index contributed by atoms with van der Waals surface area (Å²) in [6, 6.07) is 19.9. The molecule has 0 N–H and O–H groups in total. The summed E-state index contributed by atoms with van der Waals surface area (Å²) in [7, 11) is 0. The van der Waals surface area contributed by atoms with Crippen molar-refractivity contribution in [2.24, 2.45) is 0 Å². The molecule has 114 valence electrons. The van der Waals surface area contributed by atoms with Gasteiger partial charge in [0, 0.05) is 36.7 Å². The Bertz CT molecular complexity index is 593. The van der Waals surface area contributed by atoms with Crippen molar-refractivity contribution in [1.82, 2.24) is 4.90 Å². The van der Waals surface area contributed by atoms with Gasteiger partial charge in [-0.1, -0.05) is 60.7 Å². The Morgan fingerprint density at radius 3 is 2.18 bits per heavy atom.